The zero-order valence-corrected chi connectivity index (χ0v) is 11.1. The van der Waals surface area contributed by atoms with Crippen LogP contribution in [0.1, 0.15) is 18.4 Å². The van der Waals surface area contributed by atoms with Crippen molar-refractivity contribution in [2.45, 2.75) is 25.1 Å². The summed E-state index contributed by atoms with van der Waals surface area (Å²) in [6.07, 6.45) is -3.23. The molecular formula is C14H18F3NO2. The molecule has 1 N–H and O–H groups in total. The summed E-state index contributed by atoms with van der Waals surface area (Å²) in [5.74, 6) is -0.128. The Morgan fingerprint density at radius 1 is 1.20 bits per heavy atom. The highest BCUT2D eigenvalue weighted by Gasteiger charge is 2.34. The summed E-state index contributed by atoms with van der Waals surface area (Å²) in [7, 11) is 0. The van der Waals surface area contributed by atoms with Crippen molar-refractivity contribution in [2.75, 3.05) is 26.2 Å². The van der Waals surface area contributed by atoms with Gasteiger partial charge in [0.15, 0.2) is 0 Å². The van der Waals surface area contributed by atoms with Gasteiger partial charge in [0.1, 0.15) is 12.4 Å². The van der Waals surface area contributed by atoms with E-state index in [-0.39, 0.29) is 18.5 Å². The van der Waals surface area contributed by atoms with Crippen molar-refractivity contribution in [2.24, 2.45) is 0 Å². The van der Waals surface area contributed by atoms with Gasteiger partial charge < -0.3 is 9.84 Å². The van der Waals surface area contributed by atoms with Crippen molar-refractivity contribution >= 4 is 0 Å². The number of para-hydroxylation sites is 1. The molecule has 0 unspecified atom stereocenters. The van der Waals surface area contributed by atoms with Gasteiger partial charge in [-0.2, -0.15) is 13.2 Å². The lowest BCUT2D eigenvalue weighted by molar-refractivity contribution is -0.139. The first-order valence-electron chi connectivity index (χ1n) is 6.66. The molecule has 0 aliphatic carbocycles. The van der Waals surface area contributed by atoms with Crippen LogP contribution in [0.3, 0.4) is 0 Å². The van der Waals surface area contributed by atoms with Crippen molar-refractivity contribution in [1.82, 2.24) is 4.90 Å². The molecule has 0 spiro atoms. The van der Waals surface area contributed by atoms with Crippen LogP contribution < -0.4 is 4.74 Å². The molecule has 0 radical (unpaired) electrons. The summed E-state index contributed by atoms with van der Waals surface area (Å²) in [5, 5.41) is 9.37. The molecule has 0 aromatic heterocycles. The van der Waals surface area contributed by atoms with E-state index in [1.54, 1.807) is 0 Å². The van der Waals surface area contributed by atoms with Crippen LogP contribution in [0, 0.1) is 0 Å². The quantitative estimate of drug-likeness (QED) is 0.924. The van der Waals surface area contributed by atoms with Crippen LogP contribution in [0.4, 0.5) is 13.2 Å². The number of rotatable bonds is 4. The van der Waals surface area contributed by atoms with E-state index < -0.39 is 11.7 Å². The topological polar surface area (TPSA) is 32.7 Å². The SMILES string of the molecule is OC1CCN(CCOc2ccccc2C(F)(F)F)CC1. The predicted octanol–water partition coefficient (Wildman–Crippen LogP) is 2.54. The monoisotopic (exact) mass is 289 g/mol. The third-order valence-electron chi connectivity index (χ3n) is 3.41. The average molecular weight is 289 g/mol. The highest BCUT2D eigenvalue weighted by Crippen LogP contribution is 2.35. The molecular weight excluding hydrogens is 271 g/mol. The Balaban J connectivity index is 1.85. The number of nitrogens with zero attached hydrogens (tertiary/aromatic N) is 1. The summed E-state index contributed by atoms with van der Waals surface area (Å²) in [4.78, 5) is 2.09. The number of benzene rings is 1. The number of piperidine rings is 1. The first-order chi connectivity index (χ1) is 9.47. The molecule has 6 heteroatoms. The number of aliphatic hydroxyl groups excluding tert-OH is 1. The standard InChI is InChI=1S/C14H18F3NO2/c15-14(16,17)12-3-1-2-4-13(12)20-10-9-18-7-5-11(19)6-8-18/h1-4,11,19H,5-10H2. The largest absolute Gasteiger partial charge is 0.492 e. The molecule has 0 saturated carbocycles. The normalized spacial score (nSPS) is 18.2. The Kier molecular flexibility index (Phi) is 4.88. The number of likely N-dealkylation sites (tertiary alicyclic amines) is 1. The van der Waals surface area contributed by atoms with Gasteiger partial charge in [0.05, 0.1) is 11.7 Å². The van der Waals surface area contributed by atoms with Crippen LogP contribution in [-0.2, 0) is 6.18 Å². The highest BCUT2D eigenvalue weighted by atomic mass is 19.4. The molecule has 1 aliphatic heterocycles. The van der Waals surface area contributed by atoms with Crippen LogP contribution in [0.5, 0.6) is 5.75 Å². The van der Waals surface area contributed by atoms with E-state index in [2.05, 4.69) is 4.90 Å². The van der Waals surface area contributed by atoms with Gasteiger partial charge in [0, 0.05) is 19.6 Å². The lowest BCUT2D eigenvalue weighted by Gasteiger charge is -2.29. The van der Waals surface area contributed by atoms with Crippen molar-refractivity contribution in [3.05, 3.63) is 29.8 Å². The van der Waals surface area contributed by atoms with Gasteiger partial charge in [0.25, 0.3) is 0 Å². The fourth-order valence-electron chi connectivity index (χ4n) is 2.25. The molecule has 1 aromatic carbocycles. The number of hydrogen-bond donors (Lipinski definition) is 1. The minimum atomic E-state index is -4.40. The van der Waals surface area contributed by atoms with Crippen LogP contribution in [-0.4, -0.2) is 42.4 Å². The second kappa shape index (κ2) is 6.45. The smallest absolute Gasteiger partial charge is 0.419 e. The van der Waals surface area contributed by atoms with Gasteiger partial charge in [-0.3, -0.25) is 4.90 Å². The van der Waals surface area contributed by atoms with Gasteiger partial charge in [-0.25, -0.2) is 0 Å². The Morgan fingerprint density at radius 3 is 2.50 bits per heavy atom. The van der Waals surface area contributed by atoms with Crippen molar-refractivity contribution in [3.8, 4) is 5.75 Å². The number of halogens is 3. The first kappa shape index (κ1) is 15.1. The van der Waals surface area contributed by atoms with E-state index in [9.17, 15) is 18.3 Å². The summed E-state index contributed by atoms with van der Waals surface area (Å²) >= 11 is 0. The molecule has 0 amide bonds. The molecule has 1 saturated heterocycles. The minimum absolute atomic E-state index is 0.128. The van der Waals surface area contributed by atoms with Crippen LogP contribution in [0.25, 0.3) is 0 Å². The Morgan fingerprint density at radius 2 is 1.85 bits per heavy atom. The molecule has 1 aliphatic rings. The van der Waals surface area contributed by atoms with Crippen molar-refractivity contribution in [3.63, 3.8) is 0 Å². The van der Waals surface area contributed by atoms with Crippen LogP contribution in [0.15, 0.2) is 24.3 Å². The Hall–Kier alpha value is -1.27. The second-order valence-electron chi connectivity index (χ2n) is 4.92. The lowest BCUT2D eigenvalue weighted by atomic mass is 10.1. The van der Waals surface area contributed by atoms with E-state index in [0.29, 0.717) is 19.4 Å². The summed E-state index contributed by atoms with van der Waals surface area (Å²) in [6.45, 7) is 2.29. The molecule has 1 heterocycles. The van der Waals surface area contributed by atoms with E-state index in [4.69, 9.17) is 4.74 Å². The maximum atomic E-state index is 12.8. The molecule has 2 rings (SSSR count). The maximum Gasteiger partial charge on any atom is 0.419 e. The lowest BCUT2D eigenvalue weighted by Crippen LogP contribution is -2.38. The van der Waals surface area contributed by atoms with Crippen LogP contribution >= 0.6 is 0 Å². The number of hydrogen-bond acceptors (Lipinski definition) is 3. The zero-order chi connectivity index (χ0) is 14.6. The van der Waals surface area contributed by atoms with Gasteiger partial charge >= 0.3 is 6.18 Å². The summed E-state index contributed by atoms with van der Waals surface area (Å²) in [5.41, 5.74) is -0.742. The maximum absolute atomic E-state index is 12.8. The fraction of sp³-hybridized carbons (Fsp3) is 0.571. The molecule has 0 atom stereocenters. The van der Waals surface area contributed by atoms with Crippen molar-refractivity contribution in [1.29, 1.82) is 0 Å². The minimum Gasteiger partial charge on any atom is -0.492 e. The number of alkyl halides is 3. The predicted molar refractivity (Wildman–Crippen MR) is 68.6 cm³/mol. The van der Waals surface area contributed by atoms with Crippen molar-refractivity contribution < 1.29 is 23.0 Å². The first-order valence-corrected chi connectivity index (χ1v) is 6.66. The van der Waals surface area contributed by atoms with E-state index in [1.165, 1.54) is 18.2 Å². The van der Waals surface area contributed by atoms with Crippen LogP contribution in [0.2, 0.25) is 0 Å². The fourth-order valence-corrected chi connectivity index (χ4v) is 2.25. The van der Waals surface area contributed by atoms with E-state index in [0.717, 1.165) is 19.2 Å². The number of ether oxygens (including phenoxy) is 1. The molecule has 1 fully saturated rings. The average Bonchev–Trinajstić information content (AvgIpc) is 2.40. The van der Waals surface area contributed by atoms with Gasteiger partial charge in [-0.05, 0) is 25.0 Å². The third kappa shape index (κ3) is 4.11. The summed E-state index contributed by atoms with van der Waals surface area (Å²) in [6, 6.07) is 5.24. The van der Waals surface area contributed by atoms with Gasteiger partial charge in [0.2, 0.25) is 0 Å². The molecule has 1 aromatic rings. The third-order valence-corrected chi connectivity index (χ3v) is 3.41. The van der Waals surface area contributed by atoms with E-state index >= 15 is 0 Å². The highest BCUT2D eigenvalue weighted by molar-refractivity contribution is 5.35. The Labute approximate surface area is 116 Å². The zero-order valence-electron chi connectivity index (χ0n) is 11.1. The van der Waals surface area contributed by atoms with Gasteiger partial charge in [-0.15, -0.1) is 0 Å². The van der Waals surface area contributed by atoms with Gasteiger partial charge in [-0.1, -0.05) is 12.1 Å². The molecule has 0 bridgehead atoms. The Bertz CT molecular complexity index is 429. The molecule has 20 heavy (non-hydrogen) atoms. The molecule has 3 nitrogen and oxygen atoms in total. The van der Waals surface area contributed by atoms with E-state index in [1.807, 2.05) is 0 Å². The number of aliphatic hydroxyl groups is 1. The summed E-state index contributed by atoms with van der Waals surface area (Å²) < 4.78 is 43.5. The second-order valence-corrected chi connectivity index (χ2v) is 4.92. The molecule has 112 valence electrons.